The number of anilines is 1. The number of sulfonamides is 1. The van der Waals surface area contributed by atoms with Crippen molar-refractivity contribution in [2.75, 3.05) is 30.8 Å². The van der Waals surface area contributed by atoms with Crippen LogP contribution in [-0.4, -0.2) is 55.2 Å². The smallest absolute Gasteiger partial charge is 0.341 e. The summed E-state index contributed by atoms with van der Waals surface area (Å²) in [7, 11) is -3.19. The first-order chi connectivity index (χ1) is 11.3. The van der Waals surface area contributed by atoms with Gasteiger partial charge in [0.05, 0.1) is 5.75 Å². The molecule has 2 N–H and O–H groups in total. The number of nitrogens with zero attached hydrogens (tertiary/aromatic N) is 1. The Morgan fingerprint density at radius 2 is 2.12 bits per heavy atom. The van der Waals surface area contributed by atoms with E-state index in [1.807, 2.05) is 0 Å². The van der Waals surface area contributed by atoms with Crippen LogP contribution in [0.5, 0.6) is 5.75 Å². The third kappa shape index (κ3) is 4.93. The summed E-state index contributed by atoms with van der Waals surface area (Å²) in [6.45, 7) is 1.96. The summed E-state index contributed by atoms with van der Waals surface area (Å²) in [6, 6.07) is 4.82. The zero-order valence-electron chi connectivity index (χ0n) is 13.3. The van der Waals surface area contributed by atoms with Gasteiger partial charge in [0, 0.05) is 25.2 Å². The number of rotatable bonds is 7. The van der Waals surface area contributed by atoms with E-state index in [0.29, 0.717) is 24.4 Å². The minimum atomic E-state index is -3.19. The van der Waals surface area contributed by atoms with Crippen LogP contribution in [0, 0.1) is 6.92 Å². The first-order valence-electron chi connectivity index (χ1n) is 7.51. The Kier molecular flexibility index (Phi) is 5.79. The number of aliphatic carboxylic acids is 1. The molecule has 0 aliphatic carbocycles. The van der Waals surface area contributed by atoms with Crippen molar-refractivity contribution < 1.29 is 27.9 Å². The molecule has 1 amide bonds. The van der Waals surface area contributed by atoms with Crippen LogP contribution in [0.2, 0.25) is 0 Å². The van der Waals surface area contributed by atoms with Gasteiger partial charge in [-0.3, -0.25) is 4.79 Å². The van der Waals surface area contributed by atoms with Crippen LogP contribution in [0.3, 0.4) is 0 Å². The number of amides is 1. The molecule has 0 atom stereocenters. The fraction of sp³-hybridized carbons (Fsp3) is 0.467. The molecule has 1 aromatic carbocycles. The predicted molar refractivity (Wildman–Crippen MR) is 87.5 cm³/mol. The van der Waals surface area contributed by atoms with Crippen molar-refractivity contribution in [2.24, 2.45) is 0 Å². The zero-order valence-corrected chi connectivity index (χ0v) is 14.1. The van der Waals surface area contributed by atoms with Gasteiger partial charge in [0.15, 0.2) is 6.61 Å². The number of carboxylic acid groups (broad SMARTS) is 1. The van der Waals surface area contributed by atoms with Crippen molar-refractivity contribution in [1.29, 1.82) is 0 Å². The maximum atomic E-state index is 12.0. The summed E-state index contributed by atoms with van der Waals surface area (Å²) in [4.78, 5) is 22.5. The van der Waals surface area contributed by atoms with E-state index in [4.69, 9.17) is 9.84 Å². The molecule has 132 valence electrons. The molecule has 9 heteroatoms. The Bertz CT molecular complexity index is 731. The van der Waals surface area contributed by atoms with Gasteiger partial charge in [-0.05, 0) is 37.1 Å². The largest absolute Gasteiger partial charge is 0.482 e. The predicted octanol–water partition coefficient (Wildman–Crippen LogP) is 0.823. The fourth-order valence-electron chi connectivity index (χ4n) is 2.39. The van der Waals surface area contributed by atoms with Gasteiger partial charge in [0.25, 0.3) is 0 Å². The minimum Gasteiger partial charge on any atom is -0.482 e. The van der Waals surface area contributed by atoms with E-state index in [1.54, 1.807) is 25.1 Å². The monoisotopic (exact) mass is 356 g/mol. The van der Waals surface area contributed by atoms with E-state index in [-0.39, 0.29) is 24.6 Å². The minimum absolute atomic E-state index is 0.0793. The maximum Gasteiger partial charge on any atom is 0.341 e. The average Bonchev–Trinajstić information content (AvgIpc) is 2.84. The Morgan fingerprint density at radius 1 is 1.38 bits per heavy atom. The molecule has 1 heterocycles. The lowest BCUT2D eigenvalue weighted by Crippen LogP contribution is -2.29. The van der Waals surface area contributed by atoms with Gasteiger partial charge < -0.3 is 15.2 Å². The third-order valence-corrected chi connectivity index (χ3v) is 5.58. The van der Waals surface area contributed by atoms with E-state index in [9.17, 15) is 18.0 Å². The standard InChI is InChI=1S/C15H20N2O6S/c1-11-9-12(23-10-15(19)20)3-4-13(11)16-14(18)5-7-17-6-2-8-24(17,21)22/h3-4,9H,2,5-8,10H2,1H3,(H,16,18)(H,19,20). The number of ether oxygens (including phenoxy) is 1. The van der Waals surface area contributed by atoms with E-state index < -0.39 is 22.6 Å². The van der Waals surface area contributed by atoms with Crippen molar-refractivity contribution in [1.82, 2.24) is 4.31 Å². The quantitative estimate of drug-likeness (QED) is 0.748. The first kappa shape index (κ1) is 18.2. The second kappa shape index (κ2) is 7.63. The molecule has 1 saturated heterocycles. The molecule has 8 nitrogen and oxygen atoms in total. The lowest BCUT2D eigenvalue weighted by molar-refractivity contribution is -0.139. The highest BCUT2D eigenvalue weighted by molar-refractivity contribution is 7.89. The van der Waals surface area contributed by atoms with Crippen LogP contribution in [-0.2, 0) is 19.6 Å². The van der Waals surface area contributed by atoms with Crippen molar-refractivity contribution in [3.63, 3.8) is 0 Å². The Balaban J connectivity index is 1.88. The average molecular weight is 356 g/mol. The van der Waals surface area contributed by atoms with Gasteiger partial charge in [0.2, 0.25) is 15.9 Å². The molecular formula is C15H20N2O6S. The van der Waals surface area contributed by atoms with Gasteiger partial charge in [-0.15, -0.1) is 0 Å². The molecule has 24 heavy (non-hydrogen) atoms. The molecule has 1 aliphatic rings. The normalized spacial score (nSPS) is 16.7. The molecule has 0 radical (unpaired) electrons. The number of aryl methyl sites for hydroxylation is 1. The number of hydrogen-bond acceptors (Lipinski definition) is 5. The van der Waals surface area contributed by atoms with Crippen LogP contribution >= 0.6 is 0 Å². The number of hydrogen-bond donors (Lipinski definition) is 2. The number of carbonyl (C=O) groups is 2. The topological polar surface area (TPSA) is 113 Å². The second-order valence-corrected chi connectivity index (χ2v) is 7.61. The molecule has 1 aliphatic heterocycles. The number of carbonyl (C=O) groups excluding carboxylic acids is 1. The molecule has 1 fully saturated rings. The number of benzene rings is 1. The molecule has 1 aromatic rings. The lowest BCUT2D eigenvalue weighted by atomic mass is 10.2. The molecule has 2 rings (SSSR count). The molecular weight excluding hydrogens is 336 g/mol. The first-order valence-corrected chi connectivity index (χ1v) is 9.12. The van der Waals surface area contributed by atoms with Gasteiger partial charge >= 0.3 is 5.97 Å². The van der Waals surface area contributed by atoms with Gasteiger partial charge in [-0.1, -0.05) is 0 Å². The van der Waals surface area contributed by atoms with E-state index in [1.165, 1.54) is 4.31 Å². The molecule has 0 spiro atoms. The highest BCUT2D eigenvalue weighted by Gasteiger charge is 2.28. The summed E-state index contributed by atoms with van der Waals surface area (Å²) in [5, 5.41) is 11.3. The SMILES string of the molecule is Cc1cc(OCC(=O)O)ccc1NC(=O)CCN1CCCS1(=O)=O. The molecule has 0 bridgehead atoms. The van der Waals surface area contributed by atoms with Gasteiger partial charge in [-0.2, -0.15) is 0 Å². The van der Waals surface area contributed by atoms with Gasteiger partial charge in [0.1, 0.15) is 5.75 Å². The van der Waals surface area contributed by atoms with Crippen molar-refractivity contribution >= 4 is 27.6 Å². The van der Waals surface area contributed by atoms with E-state index in [0.717, 1.165) is 5.56 Å². The van der Waals surface area contributed by atoms with Crippen molar-refractivity contribution in [2.45, 2.75) is 19.8 Å². The zero-order chi connectivity index (χ0) is 17.7. The van der Waals surface area contributed by atoms with Crippen LogP contribution in [0.25, 0.3) is 0 Å². The van der Waals surface area contributed by atoms with Crippen molar-refractivity contribution in [3.8, 4) is 5.75 Å². The van der Waals surface area contributed by atoms with Gasteiger partial charge in [-0.25, -0.2) is 17.5 Å². The lowest BCUT2D eigenvalue weighted by Gasteiger charge is -2.14. The Labute approximate surface area is 140 Å². The highest BCUT2D eigenvalue weighted by atomic mass is 32.2. The summed E-state index contributed by atoms with van der Waals surface area (Å²) in [6.07, 6.45) is 0.677. The van der Waals surface area contributed by atoms with Crippen LogP contribution in [0.1, 0.15) is 18.4 Å². The summed E-state index contributed by atoms with van der Waals surface area (Å²) in [5.74, 6) is -0.803. The molecule has 0 aromatic heterocycles. The van der Waals surface area contributed by atoms with E-state index >= 15 is 0 Å². The molecule has 0 saturated carbocycles. The highest BCUT2D eigenvalue weighted by Crippen LogP contribution is 2.22. The maximum absolute atomic E-state index is 12.0. The van der Waals surface area contributed by atoms with Crippen LogP contribution < -0.4 is 10.1 Å². The Morgan fingerprint density at radius 3 is 2.71 bits per heavy atom. The van der Waals surface area contributed by atoms with Crippen molar-refractivity contribution in [3.05, 3.63) is 23.8 Å². The summed E-state index contributed by atoms with van der Waals surface area (Å²) < 4.78 is 29.7. The van der Waals surface area contributed by atoms with Crippen LogP contribution in [0.15, 0.2) is 18.2 Å². The Hall–Kier alpha value is -2.13. The van der Waals surface area contributed by atoms with Crippen LogP contribution in [0.4, 0.5) is 5.69 Å². The number of carboxylic acids is 1. The fourth-order valence-corrected chi connectivity index (χ4v) is 3.92. The summed E-state index contributed by atoms with van der Waals surface area (Å²) >= 11 is 0. The molecule has 0 unspecified atom stereocenters. The second-order valence-electron chi connectivity index (χ2n) is 5.53. The third-order valence-electron chi connectivity index (χ3n) is 3.63. The van der Waals surface area contributed by atoms with E-state index in [2.05, 4.69) is 5.32 Å². The number of nitrogens with one attached hydrogen (secondary N) is 1. The summed E-state index contributed by atoms with van der Waals surface area (Å²) in [5.41, 5.74) is 1.30.